The van der Waals surface area contributed by atoms with E-state index in [1.54, 1.807) is 30.3 Å². The Kier molecular flexibility index (Phi) is 26.8. The predicted molar refractivity (Wildman–Crippen MR) is 347 cm³/mol. The molecule has 5 aromatic carbocycles. The van der Waals surface area contributed by atoms with E-state index in [2.05, 4.69) is 34.1 Å². The summed E-state index contributed by atoms with van der Waals surface area (Å²) < 4.78 is 19.7. The number of rotatable bonds is 10. The van der Waals surface area contributed by atoms with Gasteiger partial charge in [-0.3, -0.25) is 19.2 Å². The topological polar surface area (TPSA) is 261 Å². The minimum Gasteiger partial charge on any atom is -0.488 e. The molecule has 91 heavy (non-hydrogen) atoms. The molecule has 4 atom stereocenters. The van der Waals surface area contributed by atoms with Crippen LogP contribution in [-0.4, -0.2) is 81.4 Å². The van der Waals surface area contributed by atoms with Gasteiger partial charge in [0.05, 0.1) is 41.4 Å². The first-order chi connectivity index (χ1) is 43.4. The number of aliphatic carboxylic acids is 3. The van der Waals surface area contributed by atoms with E-state index in [-0.39, 0.29) is 80.5 Å². The molecule has 18 heteroatoms. The summed E-state index contributed by atoms with van der Waals surface area (Å²) in [7, 11) is 2.74. The number of halogens is 1. The van der Waals surface area contributed by atoms with Crippen LogP contribution < -0.4 is 35.4 Å². The van der Waals surface area contributed by atoms with E-state index >= 15 is 0 Å². The SMILES string of the molecule is C=C1CCCC1.COC(=O)C(=[N+]=[N-])c1ccccc1.COC(=O)C1(c2ccccc2)CC12CCCC2.CSF.N[N-]O.O=C(O)C1(c2ccccc2)CC12CCCC2.O=C(O)[C@@]1(c2ccccc2)CC12CCCC2.O=C(O)[C@]1(c2ccccc2)CC12CCCC2.[Na+]. The summed E-state index contributed by atoms with van der Waals surface area (Å²) in [5, 5.41) is 35.7. The molecule has 2 unspecified atom stereocenters. The van der Waals surface area contributed by atoms with Gasteiger partial charge in [0.2, 0.25) is 0 Å². The van der Waals surface area contributed by atoms with Crippen LogP contribution in [0.4, 0.5) is 3.89 Å². The van der Waals surface area contributed by atoms with E-state index in [9.17, 15) is 43.2 Å². The van der Waals surface area contributed by atoms with E-state index in [0.29, 0.717) is 5.56 Å². The molecule has 0 radical (unpaired) electrons. The summed E-state index contributed by atoms with van der Waals surface area (Å²) in [6.07, 6.45) is 28.8. The predicted octanol–water partition coefficient (Wildman–Crippen LogP) is 12.8. The molecule has 0 aromatic heterocycles. The Morgan fingerprint density at radius 2 is 0.736 bits per heavy atom. The molecule has 15 nitrogen and oxygen atoms in total. The van der Waals surface area contributed by atoms with Crippen molar-refractivity contribution in [3.8, 4) is 0 Å². The Bertz CT molecular complexity index is 3040. The third kappa shape index (κ3) is 15.4. The fourth-order valence-corrected chi connectivity index (χ4v) is 16.6. The van der Waals surface area contributed by atoms with Crippen LogP contribution >= 0.6 is 12.1 Å². The minimum atomic E-state index is -0.659. The van der Waals surface area contributed by atoms with E-state index in [4.69, 9.17) is 15.5 Å². The normalized spacial score (nSPS) is 24.7. The Balaban J connectivity index is 0.000000173. The van der Waals surface area contributed by atoms with Crippen LogP contribution in [0.5, 0.6) is 0 Å². The molecule has 6 N–H and O–H groups in total. The second kappa shape index (κ2) is 33.0. The molecule has 9 fully saturated rings. The number of carbonyl (C=O) groups is 5. The quantitative estimate of drug-likeness (QED) is 0.0127. The van der Waals surface area contributed by atoms with Gasteiger partial charge in [0.15, 0.2) is 0 Å². The average Bonchev–Trinajstić information content (AvgIpc) is 1.55. The molecule has 0 amide bonds. The van der Waals surface area contributed by atoms with Crippen molar-refractivity contribution >= 4 is 47.7 Å². The van der Waals surface area contributed by atoms with Gasteiger partial charge in [-0.05, 0) is 159 Å². The first kappa shape index (κ1) is 73.8. The van der Waals surface area contributed by atoms with E-state index in [0.717, 1.165) is 86.5 Å². The summed E-state index contributed by atoms with van der Waals surface area (Å²) in [6, 6.07) is 48.1. The van der Waals surface area contributed by atoms with Gasteiger partial charge < -0.3 is 47.0 Å². The Morgan fingerprint density at radius 1 is 0.495 bits per heavy atom. The molecule has 0 saturated heterocycles. The van der Waals surface area contributed by atoms with Gasteiger partial charge in [-0.1, -0.05) is 203 Å². The number of nitrogens with two attached hydrogens (primary N) is 1. The van der Waals surface area contributed by atoms with Gasteiger partial charge >= 0.3 is 65.1 Å². The van der Waals surface area contributed by atoms with Gasteiger partial charge in [0.1, 0.15) is 0 Å². The van der Waals surface area contributed by atoms with Gasteiger partial charge in [-0.15, -0.1) is 0 Å². The first-order valence-corrected chi connectivity index (χ1v) is 32.8. The number of allylic oxidation sites excluding steroid dienone is 1. The van der Waals surface area contributed by atoms with Crippen molar-refractivity contribution in [3.05, 3.63) is 203 Å². The standard InChI is InChI=1S/C15H18O2.3C14H16O2.C9H8N2O2.C6H10.CH3FS.H3N2O.Na/c1-17-13(16)15(12-7-3-2-4-8-12)11-14(15)9-5-6-10-14;3*15-12(16)14(11-6-2-1-3-7-11)10-13(14)8-4-5-9-13;1-13-9(12)8(11-10)7-5-3-2-4-6-7;1-6-4-2-3-5-6;1-3-2;1-2-3;/h2-4,7-8H,5-6,9-11H2,1H3;3*1-3,6-7H,4-5,8-10H2,(H,15,16);2-6H,1H3;1-5H2;1H3;3H,1H2;/q;;;;;;;-1;+1/t;2*14-;;;;;;/m.10....../s1. The fourth-order valence-electron chi connectivity index (χ4n) is 16.6. The molecule has 0 aliphatic heterocycles. The molecule has 9 aliphatic rings. The fraction of sp³-hybridized carbons (Fsp3) is 0.479. The zero-order valence-corrected chi connectivity index (χ0v) is 56.3. The van der Waals surface area contributed by atoms with E-state index < -0.39 is 40.1 Å². The number of carboxylic acid groups (broad SMARTS) is 3. The second-order valence-electron chi connectivity index (χ2n) is 25.7. The number of hydrogen-bond acceptors (Lipinski definition) is 10. The summed E-state index contributed by atoms with van der Waals surface area (Å²) in [6.45, 7) is 3.85. The summed E-state index contributed by atoms with van der Waals surface area (Å²) in [5.41, 5.74) is 15.0. The van der Waals surface area contributed by atoms with Crippen molar-refractivity contribution in [2.75, 3.05) is 20.5 Å². The molecule has 9 aliphatic carbocycles. The largest absolute Gasteiger partial charge is 1.00 e. The monoisotopic (exact) mass is 1270 g/mol. The van der Waals surface area contributed by atoms with Crippen LogP contribution in [0.3, 0.4) is 0 Å². The van der Waals surface area contributed by atoms with Gasteiger partial charge in [0.25, 0.3) is 0 Å². The maximum atomic E-state index is 12.2. The number of esters is 2. The zero-order chi connectivity index (χ0) is 65.1. The van der Waals surface area contributed by atoms with Crippen molar-refractivity contribution < 1.29 is 92.2 Å². The second-order valence-corrected chi connectivity index (χ2v) is 26.0. The van der Waals surface area contributed by atoms with Gasteiger partial charge in [-0.25, -0.2) is 4.79 Å². The first-order valence-electron chi connectivity index (χ1n) is 31.6. The molecular formula is C73H90FN4NaO11S. The molecular weight excluding hydrogens is 1180 g/mol. The van der Waals surface area contributed by atoms with Gasteiger partial charge in [-0.2, -0.15) is 8.68 Å². The van der Waals surface area contributed by atoms with Gasteiger partial charge in [0, 0.05) is 18.4 Å². The average molecular weight is 1270 g/mol. The number of carbonyl (C=O) groups excluding carboxylic acids is 2. The summed E-state index contributed by atoms with van der Waals surface area (Å²) >= 11 is 0.250. The number of carboxylic acids is 3. The van der Waals surface area contributed by atoms with Crippen LogP contribution in [0.2, 0.25) is 0 Å². The van der Waals surface area contributed by atoms with E-state index in [1.165, 1.54) is 116 Å². The van der Waals surface area contributed by atoms with E-state index in [1.807, 2.05) is 115 Å². The number of methoxy groups -OCH3 is 2. The van der Waals surface area contributed by atoms with Crippen molar-refractivity contribution in [3.63, 3.8) is 0 Å². The molecule has 4 spiro atoms. The number of ether oxygens (including phenoxy) is 2. The van der Waals surface area contributed by atoms with Crippen molar-refractivity contribution in [2.45, 2.75) is 176 Å². The van der Waals surface area contributed by atoms with Crippen molar-refractivity contribution in [1.29, 1.82) is 0 Å². The van der Waals surface area contributed by atoms with Crippen LogP contribution in [0.15, 0.2) is 164 Å². The Labute approximate surface area is 562 Å². The summed E-state index contributed by atoms with van der Waals surface area (Å²) in [4.78, 5) is 61.1. The maximum Gasteiger partial charge on any atom is 1.00 e. The number of benzene rings is 5. The smallest absolute Gasteiger partial charge is 0.488 e. The molecule has 9 saturated carbocycles. The minimum absolute atomic E-state index is 0. The van der Waals surface area contributed by atoms with Crippen LogP contribution in [0.25, 0.3) is 11.1 Å². The van der Waals surface area contributed by atoms with Crippen molar-refractivity contribution in [1.82, 2.24) is 0 Å². The molecule has 0 bridgehead atoms. The maximum absolute atomic E-state index is 12.2. The van der Waals surface area contributed by atoms with Crippen LogP contribution in [0.1, 0.15) is 182 Å². The third-order valence-corrected chi connectivity index (χ3v) is 21.3. The Morgan fingerprint density at radius 3 is 0.956 bits per heavy atom. The zero-order valence-electron chi connectivity index (χ0n) is 53.5. The van der Waals surface area contributed by atoms with Crippen LogP contribution in [0, 0.1) is 21.7 Å². The van der Waals surface area contributed by atoms with Crippen molar-refractivity contribution in [2.24, 2.45) is 27.5 Å². The molecule has 482 valence electrons. The molecule has 0 heterocycles. The third-order valence-electron chi connectivity index (χ3n) is 21.3. The summed E-state index contributed by atoms with van der Waals surface area (Å²) in [5.74, 6) is 1.46. The molecule has 14 rings (SSSR count). The molecule has 5 aromatic rings. The number of nitrogens with zero attached hydrogens (tertiary/aromatic N) is 3. The number of hydrogen-bond donors (Lipinski definition) is 5. The van der Waals surface area contributed by atoms with Crippen LogP contribution in [-0.2, 0) is 55.1 Å². The Hall–Kier alpha value is -6.27.